The van der Waals surface area contributed by atoms with Crippen LogP contribution in [0.1, 0.15) is 15.9 Å². The third kappa shape index (κ3) is 5.18. The number of ether oxygens (including phenoxy) is 2. The average molecular weight is 359 g/mol. The minimum atomic E-state index is -1.01. The summed E-state index contributed by atoms with van der Waals surface area (Å²) in [5, 5.41) is 16.1. The minimum Gasteiger partial charge on any atom is -0.497 e. The van der Waals surface area contributed by atoms with E-state index in [2.05, 4.69) is 15.8 Å². The molecule has 0 aliphatic rings. The number of hydrogen-bond donors (Lipinski definition) is 3. The Bertz CT molecular complexity index is 808. The largest absolute Gasteiger partial charge is 0.497 e. The molecular formula is C17H17N3O4S. The van der Waals surface area contributed by atoms with Crippen molar-refractivity contribution in [3.8, 4) is 11.5 Å². The van der Waals surface area contributed by atoms with Gasteiger partial charge in [0.2, 0.25) is 0 Å². The van der Waals surface area contributed by atoms with E-state index in [1.807, 2.05) is 0 Å². The van der Waals surface area contributed by atoms with Crippen LogP contribution in [0.15, 0.2) is 47.6 Å². The van der Waals surface area contributed by atoms with Crippen molar-refractivity contribution in [3.05, 3.63) is 53.6 Å². The summed E-state index contributed by atoms with van der Waals surface area (Å²) in [6.45, 7) is 0. The molecule has 0 radical (unpaired) electrons. The summed E-state index contributed by atoms with van der Waals surface area (Å²) in [5.41, 5.74) is 4.12. The lowest BCUT2D eigenvalue weighted by molar-refractivity contribution is 0.0697. The molecule has 0 bridgehead atoms. The first-order valence-corrected chi connectivity index (χ1v) is 7.59. The number of thiocarbonyl (C=S) groups is 1. The third-order valence-electron chi connectivity index (χ3n) is 3.18. The van der Waals surface area contributed by atoms with Gasteiger partial charge in [-0.15, -0.1) is 0 Å². The maximum Gasteiger partial charge on any atom is 0.335 e. The molecule has 0 fully saturated rings. The topological polar surface area (TPSA) is 92.2 Å². The highest BCUT2D eigenvalue weighted by atomic mass is 32.1. The van der Waals surface area contributed by atoms with Gasteiger partial charge in [-0.1, -0.05) is 6.07 Å². The molecule has 8 heteroatoms. The molecule has 0 atom stereocenters. The summed E-state index contributed by atoms with van der Waals surface area (Å²) in [7, 11) is 3.13. The zero-order chi connectivity index (χ0) is 18.2. The molecule has 0 saturated carbocycles. The Labute approximate surface area is 150 Å². The lowest BCUT2D eigenvalue weighted by atomic mass is 10.2. The van der Waals surface area contributed by atoms with E-state index in [0.29, 0.717) is 17.2 Å². The Morgan fingerprint density at radius 2 is 2.00 bits per heavy atom. The van der Waals surface area contributed by atoms with Crippen molar-refractivity contribution in [1.29, 1.82) is 0 Å². The van der Waals surface area contributed by atoms with Crippen LogP contribution in [0.3, 0.4) is 0 Å². The molecule has 0 aliphatic carbocycles. The van der Waals surface area contributed by atoms with Crippen LogP contribution in [-0.2, 0) is 0 Å². The van der Waals surface area contributed by atoms with Crippen molar-refractivity contribution in [2.24, 2.45) is 5.10 Å². The van der Waals surface area contributed by atoms with Gasteiger partial charge in [0.15, 0.2) is 5.11 Å². The van der Waals surface area contributed by atoms with Crippen molar-refractivity contribution in [2.75, 3.05) is 19.5 Å². The molecular weight excluding hydrogens is 342 g/mol. The van der Waals surface area contributed by atoms with Crippen LogP contribution in [0.2, 0.25) is 0 Å². The molecule has 0 amide bonds. The number of methoxy groups -OCH3 is 2. The fourth-order valence-corrected chi connectivity index (χ4v) is 2.15. The fourth-order valence-electron chi connectivity index (χ4n) is 1.97. The number of anilines is 1. The van der Waals surface area contributed by atoms with Crippen LogP contribution < -0.4 is 20.2 Å². The van der Waals surface area contributed by atoms with Gasteiger partial charge in [0.1, 0.15) is 11.5 Å². The molecule has 130 valence electrons. The van der Waals surface area contributed by atoms with Crippen molar-refractivity contribution in [2.45, 2.75) is 0 Å². The number of nitrogens with one attached hydrogen (secondary N) is 2. The molecule has 0 aliphatic heterocycles. The number of carboxylic acids is 1. The normalized spacial score (nSPS) is 10.3. The molecule has 0 heterocycles. The maximum absolute atomic E-state index is 11.0. The van der Waals surface area contributed by atoms with Gasteiger partial charge < -0.3 is 19.9 Å². The molecule has 7 nitrogen and oxygen atoms in total. The summed E-state index contributed by atoms with van der Waals surface area (Å²) >= 11 is 5.13. The molecule has 0 saturated heterocycles. The zero-order valence-electron chi connectivity index (χ0n) is 13.6. The standard InChI is InChI=1S/C17H17N3O4S/c1-23-14-7-6-12(15(9-14)24-2)10-18-20-17(25)19-13-5-3-4-11(8-13)16(21)22/h3-10H,1-2H3,(H,21,22)(H2,19,20,25)/b18-10+. The van der Waals surface area contributed by atoms with Crippen molar-refractivity contribution >= 4 is 35.2 Å². The molecule has 25 heavy (non-hydrogen) atoms. The molecule has 2 aromatic carbocycles. The monoisotopic (exact) mass is 359 g/mol. The quantitative estimate of drug-likeness (QED) is 0.415. The maximum atomic E-state index is 11.0. The van der Waals surface area contributed by atoms with Crippen LogP contribution in [0.5, 0.6) is 11.5 Å². The molecule has 3 N–H and O–H groups in total. The zero-order valence-corrected chi connectivity index (χ0v) is 14.5. The van der Waals surface area contributed by atoms with Gasteiger partial charge in [0.25, 0.3) is 0 Å². The van der Waals surface area contributed by atoms with E-state index in [4.69, 9.17) is 26.8 Å². The second kappa shape index (κ2) is 8.65. The minimum absolute atomic E-state index is 0.166. The molecule has 2 rings (SSSR count). The number of carboxylic acid groups (broad SMARTS) is 1. The number of nitrogens with zero attached hydrogens (tertiary/aromatic N) is 1. The van der Waals surface area contributed by atoms with E-state index < -0.39 is 5.97 Å². The van der Waals surface area contributed by atoms with Gasteiger partial charge in [-0.2, -0.15) is 5.10 Å². The van der Waals surface area contributed by atoms with Crippen molar-refractivity contribution < 1.29 is 19.4 Å². The van der Waals surface area contributed by atoms with Crippen LogP contribution in [0.4, 0.5) is 5.69 Å². The van der Waals surface area contributed by atoms with Crippen LogP contribution in [0.25, 0.3) is 0 Å². The Hall–Kier alpha value is -3.13. The van der Waals surface area contributed by atoms with Crippen LogP contribution >= 0.6 is 12.2 Å². The van der Waals surface area contributed by atoms with E-state index >= 15 is 0 Å². The lowest BCUT2D eigenvalue weighted by Gasteiger charge is -2.08. The van der Waals surface area contributed by atoms with Gasteiger partial charge in [-0.05, 0) is 42.5 Å². The predicted octanol–water partition coefficient (Wildman–Crippen LogP) is 2.72. The molecule has 2 aromatic rings. The van der Waals surface area contributed by atoms with E-state index in [-0.39, 0.29) is 10.7 Å². The highest BCUT2D eigenvalue weighted by molar-refractivity contribution is 7.80. The summed E-state index contributed by atoms with van der Waals surface area (Å²) in [5.74, 6) is 0.280. The second-order valence-corrected chi connectivity index (χ2v) is 5.23. The molecule has 0 aromatic heterocycles. The fraction of sp³-hybridized carbons (Fsp3) is 0.118. The smallest absolute Gasteiger partial charge is 0.335 e. The molecule has 0 spiro atoms. The van der Waals surface area contributed by atoms with E-state index in [0.717, 1.165) is 5.56 Å². The van der Waals surface area contributed by atoms with Gasteiger partial charge in [-0.3, -0.25) is 5.43 Å². The average Bonchev–Trinajstić information content (AvgIpc) is 2.62. The highest BCUT2D eigenvalue weighted by Crippen LogP contribution is 2.23. The predicted molar refractivity (Wildman–Crippen MR) is 99.9 cm³/mol. The number of carbonyl (C=O) groups is 1. The summed E-state index contributed by atoms with van der Waals surface area (Å²) in [4.78, 5) is 11.0. The van der Waals surface area contributed by atoms with Crippen LogP contribution in [0, 0.1) is 0 Å². The first kappa shape index (κ1) is 18.2. The number of hydrazone groups is 1. The van der Waals surface area contributed by atoms with E-state index in [1.165, 1.54) is 12.1 Å². The Morgan fingerprint density at radius 3 is 2.68 bits per heavy atom. The van der Waals surface area contributed by atoms with Gasteiger partial charge in [-0.25, -0.2) is 4.79 Å². The van der Waals surface area contributed by atoms with E-state index in [1.54, 1.807) is 50.8 Å². The number of benzene rings is 2. The first-order valence-electron chi connectivity index (χ1n) is 7.19. The van der Waals surface area contributed by atoms with E-state index in [9.17, 15) is 4.79 Å². The van der Waals surface area contributed by atoms with Crippen molar-refractivity contribution in [1.82, 2.24) is 5.43 Å². The van der Waals surface area contributed by atoms with Crippen LogP contribution in [-0.4, -0.2) is 36.6 Å². The van der Waals surface area contributed by atoms with Gasteiger partial charge in [0.05, 0.1) is 26.0 Å². The Balaban J connectivity index is 1.99. The SMILES string of the molecule is COc1ccc(/C=N/NC(=S)Nc2cccc(C(=O)O)c2)c(OC)c1. The number of hydrogen-bond acceptors (Lipinski definition) is 5. The van der Waals surface area contributed by atoms with Gasteiger partial charge in [0, 0.05) is 17.3 Å². The summed E-state index contributed by atoms with van der Waals surface area (Å²) < 4.78 is 10.4. The number of rotatable bonds is 6. The summed E-state index contributed by atoms with van der Waals surface area (Å²) in [6, 6.07) is 11.6. The summed E-state index contributed by atoms with van der Waals surface area (Å²) in [6.07, 6.45) is 1.56. The number of aromatic carboxylic acids is 1. The first-order chi connectivity index (χ1) is 12.0. The molecule has 0 unspecified atom stereocenters. The highest BCUT2D eigenvalue weighted by Gasteiger charge is 2.05. The Kier molecular flexibility index (Phi) is 6.30. The Morgan fingerprint density at radius 1 is 1.20 bits per heavy atom. The van der Waals surface area contributed by atoms with Gasteiger partial charge >= 0.3 is 5.97 Å². The third-order valence-corrected chi connectivity index (χ3v) is 3.37. The van der Waals surface area contributed by atoms with Crippen molar-refractivity contribution in [3.63, 3.8) is 0 Å². The lowest BCUT2D eigenvalue weighted by Crippen LogP contribution is -2.24. The second-order valence-electron chi connectivity index (χ2n) is 4.82.